The molecule has 1 saturated heterocycles. The Bertz CT molecular complexity index is 1330. The van der Waals surface area contributed by atoms with Gasteiger partial charge in [-0.3, -0.25) is 19.4 Å². The Morgan fingerprint density at radius 2 is 1.71 bits per heavy atom. The number of aryl methyl sites for hydroxylation is 1. The van der Waals surface area contributed by atoms with E-state index in [0.29, 0.717) is 17.3 Å². The van der Waals surface area contributed by atoms with Gasteiger partial charge in [-0.1, -0.05) is 36.7 Å². The Kier molecular flexibility index (Phi) is 7.07. The zero-order chi connectivity index (χ0) is 24.6. The first kappa shape index (κ1) is 24.4. The highest BCUT2D eigenvalue weighted by molar-refractivity contribution is 9.10. The largest absolute Gasteiger partial charge is 0.318 e. The van der Waals surface area contributed by atoms with Crippen LogP contribution in [0.5, 0.6) is 0 Å². The Labute approximate surface area is 217 Å². The number of carbonyl (C=O) groups is 2. The van der Waals surface area contributed by atoms with Crippen LogP contribution in [0.15, 0.2) is 64.6 Å². The molecule has 2 amide bonds. The van der Waals surface area contributed by atoms with Crippen LogP contribution in [0, 0.1) is 13.8 Å². The lowest BCUT2D eigenvalue weighted by molar-refractivity contribution is -0.127. The summed E-state index contributed by atoms with van der Waals surface area (Å²) in [6.07, 6.45) is 2.39. The van der Waals surface area contributed by atoms with E-state index in [1.807, 2.05) is 79.9 Å². The lowest BCUT2D eigenvalue weighted by Gasteiger charge is -2.36. The first-order chi connectivity index (χ1) is 16.2. The molecule has 1 aliphatic rings. The predicted molar refractivity (Wildman–Crippen MR) is 144 cm³/mol. The number of rotatable bonds is 5. The average molecular weight is 557 g/mol. The molecule has 0 aliphatic carbocycles. The average Bonchev–Trinajstić information content (AvgIpc) is 3.09. The van der Waals surface area contributed by atoms with Gasteiger partial charge in [-0.2, -0.15) is 0 Å². The summed E-state index contributed by atoms with van der Waals surface area (Å²) in [6, 6.07) is 16.9. The molecule has 3 aromatic rings. The van der Waals surface area contributed by atoms with Crippen LogP contribution < -0.4 is 4.90 Å². The standard InChI is InChI=1S/C26H23BrClN3O2S/c1-4-12-29-24(32)21(25(33)31(26(29)34)19-8-6-5-7-9-19)14-18-13-16(2)30(17(18)3)20-10-11-22(27)23(28)15-20/h5-11,13-15H,4,12H2,1-3H3/b21-14+. The third-order valence-electron chi connectivity index (χ3n) is 5.72. The highest BCUT2D eigenvalue weighted by atomic mass is 79.9. The molecule has 34 heavy (non-hydrogen) atoms. The number of benzene rings is 2. The fourth-order valence-electron chi connectivity index (χ4n) is 4.11. The molecule has 0 spiro atoms. The zero-order valence-corrected chi connectivity index (χ0v) is 22.2. The SMILES string of the molecule is CCCN1C(=O)/C(=C\c2cc(C)n(-c3ccc(Br)c(Cl)c3)c2C)C(=O)N(c2ccccc2)C1=S. The number of thiocarbonyl (C=S) groups is 1. The van der Waals surface area contributed by atoms with Gasteiger partial charge in [-0.05, 0) is 96.5 Å². The molecule has 1 aliphatic heterocycles. The van der Waals surface area contributed by atoms with Crippen molar-refractivity contribution in [3.05, 3.63) is 86.6 Å². The third-order valence-corrected chi connectivity index (χ3v) is 7.36. The van der Waals surface area contributed by atoms with Gasteiger partial charge in [0.05, 0.1) is 10.7 Å². The van der Waals surface area contributed by atoms with Crippen LogP contribution in [-0.4, -0.2) is 32.9 Å². The summed E-state index contributed by atoms with van der Waals surface area (Å²) in [4.78, 5) is 29.9. The maximum atomic E-state index is 13.5. The van der Waals surface area contributed by atoms with Gasteiger partial charge in [-0.25, -0.2) is 0 Å². The van der Waals surface area contributed by atoms with Gasteiger partial charge in [0, 0.05) is 28.1 Å². The molecule has 0 unspecified atom stereocenters. The lowest BCUT2D eigenvalue weighted by atomic mass is 10.1. The van der Waals surface area contributed by atoms with Gasteiger partial charge >= 0.3 is 0 Å². The van der Waals surface area contributed by atoms with Crippen LogP contribution in [0.25, 0.3) is 11.8 Å². The van der Waals surface area contributed by atoms with Crippen molar-refractivity contribution in [2.24, 2.45) is 0 Å². The number of hydrogen-bond acceptors (Lipinski definition) is 3. The van der Waals surface area contributed by atoms with E-state index < -0.39 is 5.91 Å². The lowest BCUT2D eigenvalue weighted by Crippen LogP contribution is -2.56. The van der Waals surface area contributed by atoms with E-state index >= 15 is 0 Å². The van der Waals surface area contributed by atoms with E-state index in [-0.39, 0.29) is 16.6 Å². The Morgan fingerprint density at radius 1 is 1.00 bits per heavy atom. The zero-order valence-electron chi connectivity index (χ0n) is 19.0. The fraction of sp³-hybridized carbons (Fsp3) is 0.192. The van der Waals surface area contributed by atoms with Crippen molar-refractivity contribution < 1.29 is 9.59 Å². The monoisotopic (exact) mass is 555 g/mol. The number of aromatic nitrogens is 1. The summed E-state index contributed by atoms with van der Waals surface area (Å²) in [6.45, 7) is 6.34. The molecular weight excluding hydrogens is 534 g/mol. The minimum Gasteiger partial charge on any atom is -0.318 e. The topological polar surface area (TPSA) is 45.6 Å². The smallest absolute Gasteiger partial charge is 0.270 e. The number of amides is 2. The first-order valence-corrected chi connectivity index (χ1v) is 12.4. The number of halogens is 2. The van der Waals surface area contributed by atoms with Gasteiger partial charge in [0.1, 0.15) is 5.57 Å². The molecule has 8 heteroatoms. The van der Waals surface area contributed by atoms with Gasteiger partial charge in [-0.15, -0.1) is 0 Å². The van der Waals surface area contributed by atoms with Gasteiger partial charge in [0.2, 0.25) is 0 Å². The van der Waals surface area contributed by atoms with Crippen molar-refractivity contribution in [1.29, 1.82) is 0 Å². The second-order valence-corrected chi connectivity index (χ2v) is 9.66. The van der Waals surface area contributed by atoms with E-state index in [1.165, 1.54) is 9.80 Å². The normalized spacial score (nSPS) is 15.6. The van der Waals surface area contributed by atoms with Crippen LogP contribution in [0.3, 0.4) is 0 Å². The molecule has 2 heterocycles. The minimum atomic E-state index is -0.426. The Balaban J connectivity index is 1.82. The molecular formula is C26H23BrClN3O2S. The molecule has 0 saturated carbocycles. The molecule has 2 aromatic carbocycles. The summed E-state index contributed by atoms with van der Waals surface area (Å²) < 4.78 is 2.86. The molecule has 1 aromatic heterocycles. The van der Waals surface area contributed by atoms with Crippen molar-refractivity contribution in [2.45, 2.75) is 27.2 Å². The summed E-state index contributed by atoms with van der Waals surface area (Å²) in [5, 5.41) is 0.806. The first-order valence-electron chi connectivity index (χ1n) is 10.9. The highest BCUT2D eigenvalue weighted by Crippen LogP contribution is 2.30. The summed E-state index contributed by atoms with van der Waals surface area (Å²) in [5.74, 6) is -0.800. The van der Waals surface area contributed by atoms with Gasteiger partial charge in [0.25, 0.3) is 11.8 Å². The second-order valence-electron chi connectivity index (χ2n) is 8.03. The molecule has 0 N–H and O–H groups in total. The van der Waals surface area contributed by atoms with Crippen LogP contribution in [0.1, 0.15) is 30.3 Å². The number of nitrogens with zero attached hydrogens (tertiary/aromatic N) is 3. The Hall–Kier alpha value is -2.74. The number of hydrogen-bond donors (Lipinski definition) is 0. The quantitative estimate of drug-likeness (QED) is 0.206. The molecule has 0 radical (unpaired) electrons. The summed E-state index contributed by atoms with van der Waals surface area (Å²) >= 11 is 15.3. The Morgan fingerprint density at radius 3 is 2.35 bits per heavy atom. The predicted octanol–water partition coefficient (Wildman–Crippen LogP) is 6.46. The van der Waals surface area contributed by atoms with E-state index in [0.717, 1.165) is 33.5 Å². The van der Waals surface area contributed by atoms with E-state index in [4.69, 9.17) is 23.8 Å². The highest BCUT2D eigenvalue weighted by Gasteiger charge is 2.40. The second kappa shape index (κ2) is 9.86. The molecule has 0 atom stereocenters. The van der Waals surface area contributed by atoms with Crippen LogP contribution >= 0.6 is 39.7 Å². The number of para-hydroxylation sites is 1. The molecule has 0 bridgehead atoms. The maximum absolute atomic E-state index is 13.5. The third kappa shape index (κ3) is 4.35. The summed E-state index contributed by atoms with van der Waals surface area (Å²) in [5.41, 5.74) is 4.25. The van der Waals surface area contributed by atoms with Gasteiger partial charge < -0.3 is 4.57 Å². The van der Waals surface area contributed by atoms with Crippen molar-refractivity contribution >= 4 is 68.4 Å². The van der Waals surface area contributed by atoms with E-state index in [2.05, 4.69) is 15.9 Å². The number of carbonyl (C=O) groups excluding carboxylic acids is 2. The van der Waals surface area contributed by atoms with Crippen LogP contribution in [0.4, 0.5) is 5.69 Å². The minimum absolute atomic E-state index is 0.0833. The fourth-order valence-corrected chi connectivity index (χ4v) is 4.90. The maximum Gasteiger partial charge on any atom is 0.270 e. The molecule has 1 fully saturated rings. The molecule has 4 rings (SSSR count). The van der Waals surface area contributed by atoms with Crippen molar-refractivity contribution in [3.8, 4) is 5.69 Å². The van der Waals surface area contributed by atoms with Crippen LogP contribution in [-0.2, 0) is 9.59 Å². The molecule has 5 nitrogen and oxygen atoms in total. The van der Waals surface area contributed by atoms with Crippen molar-refractivity contribution in [1.82, 2.24) is 9.47 Å². The van der Waals surface area contributed by atoms with E-state index in [1.54, 1.807) is 6.08 Å². The van der Waals surface area contributed by atoms with Crippen molar-refractivity contribution in [2.75, 3.05) is 11.4 Å². The molecule has 174 valence electrons. The number of anilines is 1. The van der Waals surface area contributed by atoms with Gasteiger partial charge in [0.15, 0.2) is 5.11 Å². The van der Waals surface area contributed by atoms with E-state index in [9.17, 15) is 9.59 Å². The van der Waals surface area contributed by atoms with Crippen molar-refractivity contribution in [3.63, 3.8) is 0 Å². The summed E-state index contributed by atoms with van der Waals surface area (Å²) in [7, 11) is 0. The van der Waals surface area contributed by atoms with Crippen LogP contribution in [0.2, 0.25) is 5.02 Å².